The van der Waals surface area contributed by atoms with E-state index in [0.717, 1.165) is 4.90 Å². The molecule has 0 radical (unpaired) electrons. The van der Waals surface area contributed by atoms with Gasteiger partial charge in [-0.3, -0.25) is 39.0 Å². The molecule has 0 spiro atoms. The molecule has 22 heteroatoms. The van der Waals surface area contributed by atoms with Crippen LogP contribution in [0.25, 0.3) is 0 Å². The van der Waals surface area contributed by atoms with Gasteiger partial charge >= 0.3 is 5.97 Å². The summed E-state index contributed by atoms with van der Waals surface area (Å²) in [4.78, 5) is 72.7. The monoisotopic (exact) mass is 914 g/mol. The van der Waals surface area contributed by atoms with E-state index in [2.05, 4.69) is 16.0 Å². The number of carbonyl (C=O) groups is 6. The van der Waals surface area contributed by atoms with E-state index in [1.165, 1.54) is 0 Å². The first-order valence-electron chi connectivity index (χ1n) is 21.7. The molecule has 0 bridgehead atoms. The minimum absolute atomic E-state index is 0.0216. The summed E-state index contributed by atoms with van der Waals surface area (Å²) in [6, 6.07) is 3.88. The fraction of sp³-hybridized carbons (Fsp3) is 0.714. The Morgan fingerprint density at radius 2 is 1.02 bits per heavy atom. The molecule has 1 aromatic rings. The van der Waals surface area contributed by atoms with Gasteiger partial charge in [-0.1, -0.05) is 6.07 Å². The van der Waals surface area contributed by atoms with E-state index in [1.807, 2.05) is 0 Å². The number of carboxylic acids is 1. The number of hydrogen-bond acceptors (Lipinski definition) is 18. The van der Waals surface area contributed by atoms with Gasteiger partial charge < -0.3 is 67.8 Å². The Morgan fingerprint density at radius 1 is 0.578 bits per heavy atom. The Morgan fingerprint density at radius 3 is 1.45 bits per heavy atom. The Bertz CT molecular complexity index is 1520. The van der Waals surface area contributed by atoms with Gasteiger partial charge in [0.05, 0.1) is 156 Å². The van der Waals surface area contributed by atoms with Crippen molar-refractivity contribution >= 4 is 41.2 Å². The van der Waals surface area contributed by atoms with E-state index < -0.39 is 35.6 Å². The average molecular weight is 915 g/mol. The second-order valence-electron chi connectivity index (χ2n) is 13.9. The Labute approximate surface area is 373 Å². The second kappa shape index (κ2) is 35.1. The molecule has 1 aromatic carbocycles. The molecule has 362 valence electrons. The summed E-state index contributed by atoms with van der Waals surface area (Å²) in [6.07, 6.45) is 0.597. The van der Waals surface area contributed by atoms with Crippen LogP contribution in [0.1, 0.15) is 52.8 Å². The van der Waals surface area contributed by atoms with Crippen molar-refractivity contribution in [3.8, 4) is 0 Å². The summed E-state index contributed by atoms with van der Waals surface area (Å²) in [5.74, 6) is -3.46. The van der Waals surface area contributed by atoms with Gasteiger partial charge in [-0.2, -0.15) is 0 Å². The second-order valence-corrected chi connectivity index (χ2v) is 13.9. The molecule has 2 aliphatic rings. The normalized spacial score (nSPS) is 14.9. The van der Waals surface area contributed by atoms with Crippen molar-refractivity contribution in [1.29, 1.82) is 0 Å². The number of carbonyl (C=O) groups excluding carboxylic acids is 5. The third kappa shape index (κ3) is 23.6. The SMILES string of the molecule is O=C(O)CCC(=O)NCCCOCCOCCOCCOCCOCCOCCOCCOCCOCCOCCOCCNc1cccc2c1C(=O)N(C1CCC(=O)NC1=O)C2=O. The number of piperidine rings is 1. The number of fused-ring (bicyclic) bond motifs is 1. The first-order chi connectivity index (χ1) is 31.3. The molecule has 22 nitrogen and oxygen atoms in total. The van der Waals surface area contributed by atoms with Crippen molar-refractivity contribution in [2.24, 2.45) is 0 Å². The smallest absolute Gasteiger partial charge is 0.303 e. The largest absolute Gasteiger partial charge is 0.481 e. The van der Waals surface area contributed by atoms with Crippen LogP contribution in [-0.4, -0.2) is 210 Å². The number of carboxylic acid groups (broad SMARTS) is 1. The van der Waals surface area contributed by atoms with E-state index in [9.17, 15) is 28.8 Å². The summed E-state index contributed by atoms with van der Waals surface area (Å²) in [5, 5.41) is 16.5. The number of nitrogens with one attached hydrogen (secondary N) is 3. The van der Waals surface area contributed by atoms with Gasteiger partial charge in [-0.05, 0) is 25.0 Å². The lowest BCUT2D eigenvalue weighted by molar-refractivity contribution is -0.139. The van der Waals surface area contributed by atoms with Crippen molar-refractivity contribution < 1.29 is 86.0 Å². The van der Waals surface area contributed by atoms with Crippen LogP contribution in [0.2, 0.25) is 0 Å². The molecule has 64 heavy (non-hydrogen) atoms. The van der Waals surface area contributed by atoms with Gasteiger partial charge in [0.2, 0.25) is 17.7 Å². The van der Waals surface area contributed by atoms with E-state index in [1.54, 1.807) is 18.2 Å². The van der Waals surface area contributed by atoms with Crippen LogP contribution < -0.4 is 16.0 Å². The maximum absolute atomic E-state index is 13.2. The number of hydrogen-bond donors (Lipinski definition) is 4. The zero-order valence-corrected chi connectivity index (χ0v) is 36.7. The number of amides is 5. The molecule has 2 heterocycles. The third-order valence-electron chi connectivity index (χ3n) is 9.10. The lowest BCUT2D eigenvalue weighted by Crippen LogP contribution is -2.54. The number of ether oxygens (including phenoxy) is 11. The molecule has 0 saturated carbocycles. The molecule has 4 N–H and O–H groups in total. The summed E-state index contributed by atoms with van der Waals surface area (Å²) in [6.45, 7) is 10.3. The van der Waals surface area contributed by atoms with Crippen LogP contribution in [0.3, 0.4) is 0 Å². The van der Waals surface area contributed by atoms with Gasteiger partial charge in [-0.15, -0.1) is 0 Å². The Hall–Kier alpha value is -4.20. The van der Waals surface area contributed by atoms with Crippen molar-refractivity contribution in [2.45, 2.75) is 38.1 Å². The van der Waals surface area contributed by atoms with E-state index in [0.29, 0.717) is 171 Å². The zero-order valence-electron chi connectivity index (χ0n) is 36.7. The minimum atomic E-state index is -1.02. The lowest BCUT2D eigenvalue weighted by Gasteiger charge is -2.27. The summed E-state index contributed by atoms with van der Waals surface area (Å²) in [7, 11) is 0. The Balaban J connectivity index is 0.960. The number of benzene rings is 1. The van der Waals surface area contributed by atoms with Crippen LogP contribution in [0.4, 0.5) is 5.69 Å². The fourth-order valence-corrected chi connectivity index (χ4v) is 5.93. The predicted molar refractivity (Wildman–Crippen MR) is 225 cm³/mol. The number of aliphatic carboxylic acids is 1. The van der Waals surface area contributed by atoms with Gasteiger partial charge in [0.15, 0.2) is 0 Å². The van der Waals surface area contributed by atoms with Crippen molar-refractivity contribution in [3.63, 3.8) is 0 Å². The number of imide groups is 2. The molecular weight excluding hydrogens is 848 g/mol. The molecule has 0 aromatic heterocycles. The molecule has 3 rings (SSSR count). The van der Waals surface area contributed by atoms with Crippen LogP contribution in [0.5, 0.6) is 0 Å². The van der Waals surface area contributed by atoms with Crippen LogP contribution in [0, 0.1) is 0 Å². The standard InChI is InChI=1S/C42H66N4O18/c47-36(7-8-38(49)50)44-9-2-11-54-13-15-56-17-19-58-21-23-60-25-27-62-29-31-64-32-30-63-28-26-61-24-22-59-20-18-57-16-14-55-12-10-43-34-4-1-3-33-39(34)42(53)46(41(33)52)35-5-6-37(48)45-40(35)51/h1,3-4,35,43H,2,5-32H2,(H,44,47)(H,49,50)(H,45,48,51). The lowest BCUT2D eigenvalue weighted by atomic mass is 10.0. The number of anilines is 1. The highest BCUT2D eigenvalue weighted by Gasteiger charge is 2.45. The number of rotatable bonds is 42. The quantitative estimate of drug-likeness (QED) is 0.0499. The van der Waals surface area contributed by atoms with Crippen molar-refractivity contribution in [2.75, 3.05) is 164 Å². The van der Waals surface area contributed by atoms with E-state index in [-0.39, 0.29) is 42.7 Å². The molecule has 1 saturated heterocycles. The first-order valence-corrected chi connectivity index (χ1v) is 21.7. The molecule has 0 aliphatic carbocycles. The molecular formula is C42H66N4O18. The summed E-state index contributed by atoms with van der Waals surface area (Å²) < 4.78 is 60.4. The van der Waals surface area contributed by atoms with Gasteiger partial charge in [0.25, 0.3) is 11.8 Å². The average Bonchev–Trinajstić information content (AvgIpc) is 3.53. The summed E-state index contributed by atoms with van der Waals surface area (Å²) >= 11 is 0. The maximum Gasteiger partial charge on any atom is 0.303 e. The molecule has 1 unspecified atom stereocenters. The van der Waals surface area contributed by atoms with E-state index in [4.69, 9.17) is 57.2 Å². The van der Waals surface area contributed by atoms with Crippen molar-refractivity contribution in [1.82, 2.24) is 15.5 Å². The van der Waals surface area contributed by atoms with Crippen LogP contribution in [-0.2, 0) is 71.3 Å². The highest BCUT2D eigenvalue weighted by molar-refractivity contribution is 6.25. The zero-order chi connectivity index (χ0) is 45.9. The topological polar surface area (TPSA) is 264 Å². The van der Waals surface area contributed by atoms with Gasteiger partial charge in [0.1, 0.15) is 6.04 Å². The third-order valence-corrected chi connectivity index (χ3v) is 9.10. The summed E-state index contributed by atoms with van der Waals surface area (Å²) in [5.41, 5.74) is 0.885. The fourth-order valence-electron chi connectivity index (χ4n) is 5.93. The van der Waals surface area contributed by atoms with Gasteiger partial charge in [0, 0.05) is 38.2 Å². The highest BCUT2D eigenvalue weighted by Crippen LogP contribution is 2.32. The van der Waals surface area contributed by atoms with Crippen LogP contribution in [0.15, 0.2) is 18.2 Å². The molecule has 5 amide bonds. The van der Waals surface area contributed by atoms with Crippen LogP contribution >= 0.6 is 0 Å². The molecule has 1 fully saturated rings. The highest BCUT2D eigenvalue weighted by atomic mass is 16.6. The Kier molecular flexibility index (Phi) is 29.7. The first kappa shape index (κ1) is 54.1. The predicted octanol–water partition coefficient (Wildman–Crippen LogP) is 0.0534. The molecule has 1 atom stereocenters. The van der Waals surface area contributed by atoms with Gasteiger partial charge in [-0.25, -0.2) is 0 Å². The maximum atomic E-state index is 13.2. The number of nitrogens with zero attached hydrogens (tertiary/aromatic N) is 1. The van der Waals surface area contributed by atoms with E-state index >= 15 is 0 Å². The molecule has 2 aliphatic heterocycles. The van der Waals surface area contributed by atoms with Crippen molar-refractivity contribution in [3.05, 3.63) is 29.3 Å². The minimum Gasteiger partial charge on any atom is -0.481 e.